The highest BCUT2D eigenvalue weighted by molar-refractivity contribution is 5.97. The summed E-state index contributed by atoms with van der Waals surface area (Å²) in [6, 6.07) is 0. The van der Waals surface area contributed by atoms with Gasteiger partial charge in [0.25, 0.3) is 5.91 Å². The quantitative estimate of drug-likeness (QED) is 0.886. The van der Waals surface area contributed by atoms with Crippen LogP contribution < -0.4 is 5.32 Å². The van der Waals surface area contributed by atoms with E-state index in [4.69, 9.17) is 4.74 Å². The van der Waals surface area contributed by atoms with Gasteiger partial charge in [-0.05, 0) is 57.2 Å². The third-order valence-electron chi connectivity index (χ3n) is 4.53. The molecule has 1 saturated carbocycles. The predicted molar refractivity (Wildman–Crippen MR) is 92.2 cm³/mol. The van der Waals surface area contributed by atoms with Crippen LogP contribution in [0.3, 0.4) is 0 Å². The van der Waals surface area contributed by atoms with Gasteiger partial charge in [0.2, 0.25) is 0 Å². The minimum atomic E-state index is -0.476. The van der Waals surface area contributed by atoms with Crippen molar-refractivity contribution < 1.29 is 9.53 Å². The van der Waals surface area contributed by atoms with Gasteiger partial charge in [0.1, 0.15) is 17.1 Å². The summed E-state index contributed by atoms with van der Waals surface area (Å²) in [5.41, 5.74) is 4.36. The molecular weight excluding hydrogens is 288 g/mol. The minimum absolute atomic E-state index is 0.0721. The SMILES string of the molecule is C=C/C=C1\C(=C/C)OC(C)(C)c2c1[nH]c(C(=O)NC)c2C1CC1. The third kappa shape index (κ3) is 2.42. The number of hydrogen-bond donors (Lipinski definition) is 2. The van der Waals surface area contributed by atoms with Gasteiger partial charge in [-0.15, -0.1) is 0 Å². The van der Waals surface area contributed by atoms with E-state index in [1.807, 2.05) is 19.1 Å². The zero-order chi connectivity index (χ0) is 16.8. The van der Waals surface area contributed by atoms with Crippen LogP contribution >= 0.6 is 0 Å². The van der Waals surface area contributed by atoms with Crippen LogP contribution in [0, 0.1) is 0 Å². The molecule has 23 heavy (non-hydrogen) atoms. The van der Waals surface area contributed by atoms with Crippen molar-refractivity contribution in [3.8, 4) is 0 Å². The first kappa shape index (κ1) is 15.7. The zero-order valence-corrected chi connectivity index (χ0v) is 14.2. The summed E-state index contributed by atoms with van der Waals surface area (Å²) >= 11 is 0. The second-order valence-corrected chi connectivity index (χ2v) is 6.60. The molecule has 2 aliphatic rings. The van der Waals surface area contributed by atoms with Crippen molar-refractivity contribution in [3.63, 3.8) is 0 Å². The molecule has 0 aromatic carbocycles. The maximum Gasteiger partial charge on any atom is 0.267 e. The highest BCUT2D eigenvalue weighted by Crippen LogP contribution is 2.52. The molecule has 1 amide bonds. The lowest BCUT2D eigenvalue weighted by molar-refractivity contribution is 0.0345. The molecule has 1 aromatic rings. The van der Waals surface area contributed by atoms with E-state index in [9.17, 15) is 4.79 Å². The fourth-order valence-corrected chi connectivity index (χ4v) is 3.43. The van der Waals surface area contributed by atoms with Crippen LogP contribution in [0.5, 0.6) is 0 Å². The van der Waals surface area contributed by atoms with Gasteiger partial charge in [0.05, 0.1) is 5.69 Å². The number of H-pyrrole nitrogens is 1. The van der Waals surface area contributed by atoms with E-state index in [-0.39, 0.29) is 5.91 Å². The highest BCUT2D eigenvalue weighted by atomic mass is 16.5. The van der Waals surface area contributed by atoms with E-state index in [0.717, 1.165) is 41.0 Å². The number of carbonyl (C=O) groups excluding carboxylic acids is 1. The lowest BCUT2D eigenvalue weighted by Crippen LogP contribution is -2.28. The Balaban J connectivity index is 2.32. The molecule has 3 rings (SSSR count). The number of rotatable bonds is 3. The van der Waals surface area contributed by atoms with Gasteiger partial charge < -0.3 is 15.0 Å². The summed E-state index contributed by atoms with van der Waals surface area (Å²) in [6.45, 7) is 9.89. The molecule has 0 bridgehead atoms. The van der Waals surface area contributed by atoms with Gasteiger partial charge >= 0.3 is 0 Å². The van der Waals surface area contributed by atoms with Crippen molar-refractivity contribution in [1.82, 2.24) is 10.3 Å². The Labute approximate surface area is 137 Å². The number of fused-ring (bicyclic) bond motifs is 1. The summed E-state index contributed by atoms with van der Waals surface area (Å²) in [6.07, 6.45) is 7.89. The molecule has 0 spiro atoms. The van der Waals surface area contributed by atoms with Gasteiger partial charge in [-0.1, -0.05) is 12.7 Å². The lowest BCUT2D eigenvalue weighted by Gasteiger charge is -2.35. The maximum absolute atomic E-state index is 12.4. The summed E-state index contributed by atoms with van der Waals surface area (Å²) in [7, 11) is 1.67. The first-order valence-corrected chi connectivity index (χ1v) is 8.11. The standard InChI is InChI=1S/C19H24N2O2/c1-6-8-12-13(7-2)23-19(3,4)15-14(11-9-10-11)17(18(22)20-5)21-16(12)15/h6-8,11,21H,1,9-10H2,2-5H3,(H,20,22)/b12-8+,13-7+. The van der Waals surface area contributed by atoms with Gasteiger partial charge in [-0.25, -0.2) is 0 Å². The summed E-state index contributed by atoms with van der Waals surface area (Å²) < 4.78 is 6.25. The number of amides is 1. The second kappa shape index (κ2) is 5.44. The Morgan fingerprint density at radius 1 is 1.43 bits per heavy atom. The average molecular weight is 312 g/mol. The van der Waals surface area contributed by atoms with E-state index in [2.05, 4.69) is 30.7 Å². The molecule has 122 valence electrons. The van der Waals surface area contributed by atoms with E-state index >= 15 is 0 Å². The summed E-state index contributed by atoms with van der Waals surface area (Å²) in [4.78, 5) is 15.8. The van der Waals surface area contributed by atoms with Crippen molar-refractivity contribution in [3.05, 3.63) is 53.1 Å². The Morgan fingerprint density at radius 2 is 2.13 bits per heavy atom. The molecule has 2 N–H and O–H groups in total. The van der Waals surface area contributed by atoms with Gasteiger partial charge in [-0.3, -0.25) is 4.79 Å². The number of ether oxygens (including phenoxy) is 1. The molecule has 0 unspecified atom stereocenters. The maximum atomic E-state index is 12.4. The Bertz CT molecular complexity index is 731. The number of hydrogen-bond acceptors (Lipinski definition) is 2. The molecule has 1 aliphatic carbocycles. The lowest BCUT2D eigenvalue weighted by atomic mass is 9.85. The van der Waals surface area contributed by atoms with Crippen LogP contribution in [0.1, 0.15) is 66.8 Å². The van der Waals surface area contributed by atoms with E-state index in [1.54, 1.807) is 13.1 Å². The molecule has 2 heterocycles. The molecule has 1 aliphatic heterocycles. The van der Waals surface area contributed by atoms with Crippen LogP contribution in [0.4, 0.5) is 0 Å². The topological polar surface area (TPSA) is 54.1 Å². The van der Waals surface area contributed by atoms with Crippen LogP contribution in [0.15, 0.2) is 30.6 Å². The number of nitrogens with one attached hydrogen (secondary N) is 2. The fraction of sp³-hybridized carbons (Fsp3) is 0.421. The summed E-state index contributed by atoms with van der Waals surface area (Å²) in [5.74, 6) is 1.19. The predicted octanol–water partition coefficient (Wildman–Crippen LogP) is 3.99. The molecule has 1 fully saturated rings. The number of allylic oxidation sites excluding steroid dienone is 4. The molecule has 1 aromatic heterocycles. The van der Waals surface area contributed by atoms with Crippen LogP contribution in [-0.4, -0.2) is 17.9 Å². The van der Waals surface area contributed by atoms with Crippen molar-refractivity contribution in [1.29, 1.82) is 0 Å². The first-order valence-electron chi connectivity index (χ1n) is 8.11. The highest BCUT2D eigenvalue weighted by Gasteiger charge is 2.44. The Morgan fingerprint density at radius 3 is 2.65 bits per heavy atom. The fourth-order valence-electron chi connectivity index (χ4n) is 3.43. The van der Waals surface area contributed by atoms with E-state index < -0.39 is 5.60 Å². The zero-order valence-electron chi connectivity index (χ0n) is 14.2. The molecule has 0 radical (unpaired) electrons. The Hall–Kier alpha value is -2.23. The van der Waals surface area contributed by atoms with Crippen LogP contribution in [0.2, 0.25) is 0 Å². The number of carbonyl (C=O) groups is 1. The smallest absolute Gasteiger partial charge is 0.267 e. The van der Waals surface area contributed by atoms with Crippen molar-refractivity contribution in [2.45, 2.75) is 45.1 Å². The van der Waals surface area contributed by atoms with E-state index in [0.29, 0.717) is 11.6 Å². The van der Waals surface area contributed by atoms with Crippen molar-refractivity contribution in [2.75, 3.05) is 7.05 Å². The number of aromatic nitrogens is 1. The molecule has 4 nitrogen and oxygen atoms in total. The van der Waals surface area contributed by atoms with Crippen LogP contribution in [-0.2, 0) is 10.3 Å². The molecule has 0 saturated heterocycles. The minimum Gasteiger partial charge on any atom is -0.483 e. The molecular formula is C19H24N2O2. The van der Waals surface area contributed by atoms with Gasteiger partial charge in [0.15, 0.2) is 0 Å². The largest absolute Gasteiger partial charge is 0.483 e. The van der Waals surface area contributed by atoms with Crippen molar-refractivity contribution in [2.24, 2.45) is 0 Å². The summed E-state index contributed by atoms with van der Waals surface area (Å²) in [5, 5.41) is 2.75. The molecule has 4 heteroatoms. The van der Waals surface area contributed by atoms with E-state index in [1.165, 1.54) is 0 Å². The third-order valence-corrected chi connectivity index (χ3v) is 4.53. The number of aromatic amines is 1. The van der Waals surface area contributed by atoms with Gasteiger partial charge in [0, 0.05) is 18.2 Å². The van der Waals surface area contributed by atoms with Crippen molar-refractivity contribution >= 4 is 11.5 Å². The normalized spacial score (nSPS) is 22.6. The Kier molecular flexibility index (Phi) is 3.71. The average Bonchev–Trinajstić information content (AvgIpc) is 3.28. The monoisotopic (exact) mass is 312 g/mol. The first-order chi connectivity index (χ1) is 10.9. The van der Waals surface area contributed by atoms with Gasteiger partial charge in [-0.2, -0.15) is 0 Å². The second-order valence-electron chi connectivity index (χ2n) is 6.60. The van der Waals surface area contributed by atoms with Crippen LogP contribution in [0.25, 0.3) is 5.57 Å². The molecule has 0 atom stereocenters.